The van der Waals surface area contributed by atoms with Crippen LogP contribution in [0.15, 0.2) is 36.4 Å². The fourth-order valence-electron chi connectivity index (χ4n) is 1.36. The van der Waals surface area contributed by atoms with Crippen molar-refractivity contribution < 1.29 is 0 Å². The van der Waals surface area contributed by atoms with E-state index in [4.69, 9.17) is 0 Å². The van der Waals surface area contributed by atoms with E-state index in [0.717, 1.165) is 6.54 Å². The van der Waals surface area contributed by atoms with Crippen molar-refractivity contribution in [2.45, 2.75) is 6.54 Å². The van der Waals surface area contributed by atoms with E-state index in [9.17, 15) is 0 Å². The van der Waals surface area contributed by atoms with Gasteiger partial charge in [0.2, 0.25) is 0 Å². The third kappa shape index (κ3) is 2.03. The van der Waals surface area contributed by atoms with Crippen LogP contribution in [0, 0.1) is 5.38 Å². The minimum Gasteiger partial charge on any atom is -0.315 e. The van der Waals surface area contributed by atoms with Gasteiger partial charge in [0.15, 0.2) is 0 Å². The lowest BCUT2D eigenvalue weighted by atomic mass is 10.1. The number of benzene rings is 1. The van der Waals surface area contributed by atoms with E-state index < -0.39 is 0 Å². The molecule has 1 aromatic carbocycles. The molecule has 14 heavy (non-hydrogen) atoms. The van der Waals surface area contributed by atoms with Gasteiger partial charge in [-0.3, -0.25) is 0 Å². The molecular formula is C12H12NS. The number of thiophene rings is 1. The van der Waals surface area contributed by atoms with E-state index in [2.05, 4.69) is 41.0 Å². The molecule has 0 amide bonds. The Hall–Kier alpha value is -1.12. The first-order chi connectivity index (χ1) is 6.90. The highest BCUT2D eigenvalue weighted by Gasteiger charge is 2.01. The molecule has 2 aromatic rings. The van der Waals surface area contributed by atoms with Crippen molar-refractivity contribution in [2.75, 3.05) is 7.05 Å². The van der Waals surface area contributed by atoms with E-state index in [1.54, 1.807) is 11.3 Å². The predicted octanol–water partition coefficient (Wildman–Crippen LogP) is 2.93. The van der Waals surface area contributed by atoms with E-state index in [1.165, 1.54) is 16.0 Å². The largest absolute Gasteiger partial charge is 0.315 e. The van der Waals surface area contributed by atoms with Crippen LogP contribution in [-0.4, -0.2) is 7.05 Å². The molecule has 0 saturated heterocycles. The van der Waals surface area contributed by atoms with Gasteiger partial charge in [-0.15, -0.1) is 11.3 Å². The molecule has 1 N–H and O–H groups in total. The first-order valence-electron chi connectivity index (χ1n) is 4.60. The van der Waals surface area contributed by atoms with Crippen molar-refractivity contribution in [3.05, 3.63) is 46.7 Å². The third-order valence-corrected chi connectivity index (χ3v) is 2.88. The molecule has 0 bridgehead atoms. The van der Waals surface area contributed by atoms with Crippen LogP contribution in [-0.2, 0) is 6.54 Å². The molecule has 0 aliphatic carbocycles. The standard InChI is InChI=1S/C12H12NS/c1-13-8-12-7-11(9-14-12)10-5-3-2-4-6-10/h2-7,13H,8H2,1H3. The zero-order valence-corrected chi connectivity index (χ0v) is 8.90. The molecule has 1 radical (unpaired) electrons. The summed E-state index contributed by atoms with van der Waals surface area (Å²) in [4.78, 5) is 1.33. The van der Waals surface area contributed by atoms with Gasteiger partial charge in [0.1, 0.15) is 0 Å². The molecule has 1 heterocycles. The summed E-state index contributed by atoms with van der Waals surface area (Å²) in [5.41, 5.74) is 2.44. The van der Waals surface area contributed by atoms with Crippen LogP contribution < -0.4 is 5.32 Å². The topological polar surface area (TPSA) is 12.0 Å². The number of hydrogen-bond acceptors (Lipinski definition) is 2. The molecule has 0 aliphatic rings. The average molecular weight is 202 g/mol. The normalized spacial score (nSPS) is 10.4. The molecule has 1 aromatic heterocycles. The fourth-order valence-corrected chi connectivity index (χ4v) is 2.17. The Kier molecular flexibility index (Phi) is 2.96. The van der Waals surface area contributed by atoms with Crippen LogP contribution in [0.4, 0.5) is 0 Å². The van der Waals surface area contributed by atoms with Crippen LogP contribution in [0.25, 0.3) is 11.1 Å². The minimum atomic E-state index is 0.925. The van der Waals surface area contributed by atoms with Gasteiger partial charge in [0.25, 0.3) is 0 Å². The van der Waals surface area contributed by atoms with E-state index in [0.29, 0.717) is 0 Å². The molecule has 2 heteroatoms. The second kappa shape index (κ2) is 4.40. The molecule has 0 spiro atoms. The van der Waals surface area contributed by atoms with Crippen molar-refractivity contribution in [2.24, 2.45) is 0 Å². The third-order valence-electron chi connectivity index (χ3n) is 2.03. The highest BCUT2D eigenvalue weighted by molar-refractivity contribution is 7.09. The van der Waals surface area contributed by atoms with E-state index >= 15 is 0 Å². The van der Waals surface area contributed by atoms with Crippen LogP contribution >= 0.6 is 11.3 Å². The Morgan fingerprint density at radius 1 is 1.29 bits per heavy atom. The van der Waals surface area contributed by atoms with E-state index in [1.807, 2.05) is 13.1 Å². The lowest BCUT2D eigenvalue weighted by Crippen LogP contribution is -2.02. The van der Waals surface area contributed by atoms with Gasteiger partial charge in [0.05, 0.1) is 5.38 Å². The summed E-state index contributed by atoms with van der Waals surface area (Å²) in [6.45, 7) is 0.925. The summed E-state index contributed by atoms with van der Waals surface area (Å²) >= 11 is 1.68. The first-order valence-corrected chi connectivity index (χ1v) is 5.42. The van der Waals surface area contributed by atoms with Crippen molar-refractivity contribution in [3.8, 4) is 11.1 Å². The van der Waals surface area contributed by atoms with Gasteiger partial charge >= 0.3 is 0 Å². The first kappa shape index (κ1) is 9.44. The maximum absolute atomic E-state index is 3.31. The van der Waals surface area contributed by atoms with Crippen molar-refractivity contribution in [1.82, 2.24) is 5.32 Å². The van der Waals surface area contributed by atoms with Crippen LogP contribution in [0.5, 0.6) is 0 Å². The number of rotatable bonds is 3. The lowest BCUT2D eigenvalue weighted by molar-refractivity contribution is 0.831. The fraction of sp³-hybridized carbons (Fsp3) is 0.167. The van der Waals surface area contributed by atoms with Gasteiger partial charge in [-0.2, -0.15) is 0 Å². The molecule has 0 fully saturated rings. The summed E-state index contributed by atoms with van der Waals surface area (Å²) in [7, 11) is 1.96. The van der Waals surface area contributed by atoms with Crippen LogP contribution in [0.3, 0.4) is 0 Å². The Balaban J connectivity index is 2.25. The second-order valence-corrected chi connectivity index (χ2v) is 4.06. The van der Waals surface area contributed by atoms with Gasteiger partial charge in [-0.05, 0) is 18.7 Å². The maximum Gasteiger partial charge on any atom is 0.0530 e. The van der Waals surface area contributed by atoms with Gasteiger partial charge in [0, 0.05) is 17.0 Å². The second-order valence-electron chi connectivity index (χ2n) is 3.12. The van der Waals surface area contributed by atoms with Crippen LogP contribution in [0.2, 0.25) is 0 Å². The quantitative estimate of drug-likeness (QED) is 0.807. The molecule has 0 atom stereocenters. The van der Waals surface area contributed by atoms with Crippen molar-refractivity contribution in [3.63, 3.8) is 0 Å². The highest BCUT2D eigenvalue weighted by atomic mass is 32.1. The zero-order chi connectivity index (χ0) is 9.80. The summed E-state index contributed by atoms with van der Waals surface area (Å²) in [5, 5.41) is 6.45. The zero-order valence-electron chi connectivity index (χ0n) is 8.08. The van der Waals surface area contributed by atoms with Crippen molar-refractivity contribution >= 4 is 11.3 Å². The van der Waals surface area contributed by atoms with Crippen LogP contribution in [0.1, 0.15) is 4.88 Å². The maximum atomic E-state index is 3.31. The lowest BCUT2D eigenvalue weighted by Gasteiger charge is -1.95. The summed E-state index contributed by atoms with van der Waals surface area (Å²) in [5.74, 6) is 0. The Morgan fingerprint density at radius 3 is 2.79 bits per heavy atom. The Labute approximate surface area is 88.4 Å². The molecule has 1 nitrogen and oxygen atoms in total. The molecule has 0 saturated carbocycles. The summed E-state index contributed by atoms with van der Waals surface area (Å²) in [6.07, 6.45) is 0. The molecule has 0 unspecified atom stereocenters. The Morgan fingerprint density at radius 2 is 2.07 bits per heavy atom. The molecule has 2 rings (SSSR count). The molecule has 71 valence electrons. The molecule has 0 aliphatic heterocycles. The smallest absolute Gasteiger partial charge is 0.0530 e. The highest BCUT2D eigenvalue weighted by Crippen LogP contribution is 2.24. The predicted molar refractivity (Wildman–Crippen MR) is 61.4 cm³/mol. The van der Waals surface area contributed by atoms with E-state index in [-0.39, 0.29) is 0 Å². The van der Waals surface area contributed by atoms with Gasteiger partial charge in [-0.25, -0.2) is 0 Å². The number of hydrogen-bond donors (Lipinski definition) is 1. The van der Waals surface area contributed by atoms with Gasteiger partial charge in [-0.1, -0.05) is 30.3 Å². The minimum absolute atomic E-state index is 0.925. The SMILES string of the molecule is CNCc1cc(-c2ccccc2)[c]s1. The summed E-state index contributed by atoms with van der Waals surface area (Å²) < 4.78 is 0. The summed E-state index contributed by atoms with van der Waals surface area (Å²) in [6, 6.07) is 12.6. The van der Waals surface area contributed by atoms with Gasteiger partial charge < -0.3 is 5.32 Å². The molecular weight excluding hydrogens is 190 g/mol. The number of nitrogens with one attached hydrogen (secondary N) is 1. The van der Waals surface area contributed by atoms with Crippen molar-refractivity contribution in [1.29, 1.82) is 0 Å². The average Bonchev–Trinajstić information content (AvgIpc) is 2.68. The Bertz CT molecular complexity index is 392. The monoisotopic (exact) mass is 202 g/mol.